The monoisotopic (exact) mass is 537 g/mol. The van der Waals surface area contributed by atoms with Gasteiger partial charge in [0.1, 0.15) is 0 Å². The van der Waals surface area contributed by atoms with Crippen molar-refractivity contribution in [2.45, 2.75) is 30.4 Å². The molecule has 0 aliphatic rings. The van der Waals surface area contributed by atoms with Crippen LogP contribution >= 0.6 is 11.8 Å². The number of ether oxygens (including phenoxy) is 4. The summed E-state index contributed by atoms with van der Waals surface area (Å²) in [5.74, 6) is 0.0327. The number of hydrogen-bond acceptors (Lipinski definition) is 8. The van der Waals surface area contributed by atoms with Crippen molar-refractivity contribution < 1.29 is 33.3 Å². The maximum absolute atomic E-state index is 13.3. The zero-order valence-electron chi connectivity index (χ0n) is 21.8. The fraction of sp³-hybridized carbons (Fsp3) is 0.276. The Morgan fingerprint density at radius 3 is 2.03 bits per heavy atom. The quantitative estimate of drug-likeness (QED) is 0.185. The van der Waals surface area contributed by atoms with E-state index in [1.807, 2.05) is 24.5 Å². The highest BCUT2D eigenvalue weighted by Crippen LogP contribution is 2.38. The molecule has 0 fully saturated rings. The number of benzene rings is 3. The number of methoxy groups -OCH3 is 3. The van der Waals surface area contributed by atoms with Crippen LogP contribution in [-0.4, -0.2) is 45.2 Å². The molecule has 0 bridgehead atoms. The van der Waals surface area contributed by atoms with E-state index in [4.69, 9.17) is 18.9 Å². The Morgan fingerprint density at radius 2 is 1.47 bits per heavy atom. The van der Waals surface area contributed by atoms with Crippen LogP contribution in [0.25, 0.3) is 0 Å². The second-order valence-electron chi connectivity index (χ2n) is 8.18. The lowest BCUT2D eigenvalue weighted by Crippen LogP contribution is -2.32. The number of ketones is 1. The molecule has 3 rings (SSSR count). The van der Waals surface area contributed by atoms with Crippen molar-refractivity contribution in [3.8, 4) is 17.2 Å². The van der Waals surface area contributed by atoms with Gasteiger partial charge in [0.15, 0.2) is 17.3 Å². The lowest BCUT2D eigenvalue weighted by molar-refractivity contribution is -0.156. The first-order valence-corrected chi connectivity index (χ1v) is 13.1. The minimum absolute atomic E-state index is 0.0198. The predicted molar refractivity (Wildman–Crippen MR) is 145 cm³/mol. The number of esters is 1. The van der Waals surface area contributed by atoms with E-state index in [9.17, 15) is 14.4 Å². The van der Waals surface area contributed by atoms with Crippen LogP contribution in [0.2, 0.25) is 0 Å². The highest BCUT2D eigenvalue weighted by molar-refractivity contribution is 7.98. The second-order valence-corrected chi connectivity index (χ2v) is 9.06. The summed E-state index contributed by atoms with van der Waals surface area (Å²) in [4.78, 5) is 39.4. The van der Waals surface area contributed by atoms with E-state index in [0.717, 1.165) is 4.90 Å². The average Bonchev–Trinajstić information content (AvgIpc) is 2.97. The number of amides is 1. The van der Waals surface area contributed by atoms with Gasteiger partial charge in [-0.05, 0) is 36.1 Å². The lowest BCUT2D eigenvalue weighted by atomic mass is 10.1. The van der Waals surface area contributed by atoms with Crippen molar-refractivity contribution in [3.63, 3.8) is 0 Å². The number of Topliss-reactive ketones (excluding diaryl/α,β-unsaturated/α-hetero) is 1. The standard InChI is InChI=1S/C29H31NO7S/c1-34-24-16-19(17-25(35-2)28(24)36-3)18-30-29(33)27(21-10-12-22(38-4)13-11-21)37-26(32)15-14-23(31)20-8-6-5-7-9-20/h5-13,16-17,27H,14-15,18H2,1-4H3,(H,30,33). The van der Waals surface area contributed by atoms with Crippen molar-refractivity contribution in [1.82, 2.24) is 5.32 Å². The topological polar surface area (TPSA) is 100 Å². The number of carbonyl (C=O) groups excluding carboxylic acids is 3. The molecule has 0 aliphatic carbocycles. The summed E-state index contributed by atoms with van der Waals surface area (Å²) in [5, 5.41) is 2.82. The van der Waals surface area contributed by atoms with Crippen LogP contribution in [0.4, 0.5) is 0 Å². The zero-order chi connectivity index (χ0) is 27.5. The molecular formula is C29H31NO7S. The molecule has 0 aromatic heterocycles. The molecular weight excluding hydrogens is 506 g/mol. The molecule has 9 heteroatoms. The van der Waals surface area contributed by atoms with Crippen molar-refractivity contribution >= 4 is 29.4 Å². The molecule has 0 heterocycles. The first-order chi connectivity index (χ1) is 18.4. The highest BCUT2D eigenvalue weighted by Gasteiger charge is 2.26. The van der Waals surface area contributed by atoms with E-state index in [-0.39, 0.29) is 25.2 Å². The van der Waals surface area contributed by atoms with Gasteiger partial charge in [0.2, 0.25) is 11.9 Å². The van der Waals surface area contributed by atoms with Gasteiger partial charge in [-0.25, -0.2) is 0 Å². The molecule has 1 atom stereocenters. The third kappa shape index (κ3) is 7.52. The van der Waals surface area contributed by atoms with Gasteiger partial charge in [0.25, 0.3) is 5.91 Å². The Balaban J connectivity index is 1.73. The summed E-state index contributed by atoms with van der Waals surface area (Å²) in [6, 6.07) is 19.4. The minimum Gasteiger partial charge on any atom is -0.493 e. The predicted octanol–water partition coefficient (Wildman–Crippen LogP) is 5.00. The molecule has 8 nitrogen and oxygen atoms in total. The first-order valence-electron chi connectivity index (χ1n) is 11.9. The van der Waals surface area contributed by atoms with Gasteiger partial charge in [-0.2, -0.15) is 0 Å². The van der Waals surface area contributed by atoms with E-state index < -0.39 is 18.0 Å². The number of rotatable bonds is 13. The van der Waals surface area contributed by atoms with Gasteiger partial charge < -0.3 is 24.3 Å². The molecule has 3 aromatic carbocycles. The SMILES string of the molecule is COc1cc(CNC(=O)C(OC(=O)CCC(=O)c2ccccc2)c2ccc(SC)cc2)cc(OC)c1OC. The molecule has 200 valence electrons. The molecule has 1 amide bonds. The Bertz CT molecular complexity index is 1220. The van der Waals surface area contributed by atoms with E-state index in [2.05, 4.69) is 5.32 Å². The Morgan fingerprint density at radius 1 is 0.842 bits per heavy atom. The van der Waals surface area contributed by atoms with Gasteiger partial charge in [0, 0.05) is 29.0 Å². The van der Waals surface area contributed by atoms with Crippen LogP contribution < -0.4 is 19.5 Å². The summed E-state index contributed by atoms with van der Waals surface area (Å²) < 4.78 is 21.7. The summed E-state index contributed by atoms with van der Waals surface area (Å²) in [6.45, 7) is 0.124. The number of hydrogen-bond donors (Lipinski definition) is 1. The molecule has 0 spiro atoms. The molecule has 1 unspecified atom stereocenters. The maximum Gasteiger partial charge on any atom is 0.307 e. The molecule has 38 heavy (non-hydrogen) atoms. The van der Waals surface area contributed by atoms with E-state index >= 15 is 0 Å². The van der Waals surface area contributed by atoms with Crippen LogP contribution in [0.5, 0.6) is 17.2 Å². The minimum atomic E-state index is -1.19. The molecule has 0 saturated carbocycles. The van der Waals surface area contributed by atoms with Gasteiger partial charge >= 0.3 is 5.97 Å². The molecule has 3 aromatic rings. The summed E-state index contributed by atoms with van der Waals surface area (Å²) in [7, 11) is 4.53. The van der Waals surface area contributed by atoms with Crippen molar-refractivity contribution in [1.29, 1.82) is 0 Å². The first kappa shape index (κ1) is 28.6. The molecule has 0 aliphatic heterocycles. The summed E-state index contributed by atoms with van der Waals surface area (Å²) in [5.41, 5.74) is 1.74. The largest absolute Gasteiger partial charge is 0.493 e. The third-order valence-electron chi connectivity index (χ3n) is 5.75. The molecule has 0 radical (unpaired) electrons. The Kier molecular flexibility index (Phi) is 10.6. The molecule has 0 saturated heterocycles. The molecule has 1 N–H and O–H groups in total. The smallest absolute Gasteiger partial charge is 0.307 e. The highest BCUT2D eigenvalue weighted by atomic mass is 32.2. The Hall–Kier alpha value is -3.98. The van der Waals surface area contributed by atoms with Crippen LogP contribution in [0.3, 0.4) is 0 Å². The number of nitrogens with one attached hydrogen (secondary N) is 1. The normalized spacial score (nSPS) is 11.3. The average molecular weight is 538 g/mol. The van der Waals surface area contributed by atoms with Crippen molar-refractivity contribution in [2.75, 3.05) is 27.6 Å². The van der Waals surface area contributed by atoms with E-state index in [0.29, 0.717) is 33.9 Å². The van der Waals surface area contributed by atoms with Gasteiger partial charge in [0.05, 0.1) is 27.8 Å². The van der Waals surface area contributed by atoms with Crippen LogP contribution in [0.15, 0.2) is 71.6 Å². The maximum atomic E-state index is 13.3. The zero-order valence-corrected chi connectivity index (χ0v) is 22.6. The fourth-order valence-corrected chi connectivity index (χ4v) is 4.15. The number of thioether (sulfide) groups is 1. The van der Waals surface area contributed by atoms with E-state index in [1.54, 1.807) is 60.3 Å². The van der Waals surface area contributed by atoms with Gasteiger partial charge in [-0.15, -0.1) is 11.8 Å². The summed E-state index contributed by atoms with van der Waals surface area (Å²) >= 11 is 1.56. The van der Waals surface area contributed by atoms with Crippen LogP contribution in [-0.2, 0) is 20.9 Å². The lowest BCUT2D eigenvalue weighted by Gasteiger charge is -2.19. The second kappa shape index (κ2) is 14.1. The van der Waals surface area contributed by atoms with Gasteiger partial charge in [-0.3, -0.25) is 14.4 Å². The van der Waals surface area contributed by atoms with Crippen LogP contribution in [0.1, 0.15) is 40.4 Å². The fourth-order valence-electron chi connectivity index (χ4n) is 3.75. The van der Waals surface area contributed by atoms with Crippen molar-refractivity contribution in [2.24, 2.45) is 0 Å². The summed E-state index contributed by atoms with van der Waals surface area (Å²) in [6.07, 6.45) is 0.592. The third-order valence-corrected chi connectivity index (χ3v) is 6.49. The van der Waals surface area contributed by atoms with Gasteiger partial charge in [-0.1, -0.05) is 42.5 Å². The van der Waals surface area contributed by atoms with E-state index in [1.165, 1.54) is 21.3 Å². The van der Waals surface area contributed by atoms with Crippen LogP contribution in [0, 0.1) is 0 Å². The van der Waals surface area contributed by atoms with Crippen molar-refractivity contribution in [3.05, 3.63) is 83.4 Å². The number of carbonyl (C=O) groups is 3. The Labute approximate surface area is 226 Å².